The van der Waals surface area contributed by atoms with E-state index < -0.39 is 17.0 Å². The molecule has 17 heavy (non-hydrogen) atoms. The summed E-state index contributed by atoms with van der Waals surface area (Å²) in [4.78, 5) is 11.7. The number of carbonyl (C=O) groups excluding carboxylic acids is 1. The third kappa shape index (κ3) is 6.24. The molecule has 0 spiro atoms. The summed E-state index contributed by atoms with van der Waals surface area (Å²) in [5, 5.41) is 0. The standard InChI is InChI=1S/C11H14O4S.K.H/c1-2-3-8-15-11(12)9-4-6-10(7-5-9)16(13)14;;/h4-7H,2-3,8H2,1H3,(H,13,14);;/q;+1;-1. The van der Waals surface area contributed by atoms with Crippen LogP contribution in [-0.2, 0) is 15.8 Å². The number of benzene rings is 1. The molecular formula is C11H15KO4S. The van der Waals surface area contributed by atoms with Gasteiger partial charge in [0.1, 0.15) is 0 Å². The van der Waals surface area contributed by atoms with E-state index in [1.165, 1.54) is 24.3 Å². The molecule has 0 bridgehead atoms. The summed E-state index contributed by atoms with van der Waals surface area (Å²) >= 11 is -2.01. The fourth-order valence-electron chi connectivity index (χ4n) is 1.10. The Morgan fingerprint density at radius 3 is 2.47 bits per heavy atom. The van der Waals surface area contributed by atoms with E-state index in [-0.39, 0.29) is 57.7 Å². The third-order valence-electron chi connectivity index (χ3n) is 2.02. The Balaban J connectivity index is 0. The average Bonchev–Trinajstić information content (AvgIpc) is 2.29. The fraction of sp³-hybridized carbons (Fsp3) is 0.364. The molecule has 1 unspecified atom stereocenters. The van der Waals surface area contributed by atoms with Crippen molar-refractivity contribution in [3.05, 3.63) is 29.8 Å². The second-order valence-corrected chi connectivity index (χ2v) is 4.23. The number of esters is 1. The van der Waals surface area contributed by atoms with Crippen LogP contribution in [0.3, 0.4) is 0 Å². The van der Waals surface area contributed by atoms with Crippen molar-refractivity contribution in [1.29, 1.82) is 0 Å². The summed E-state index contributed by atoms with van der Waals surface area (Å²) in [5.74, 6) is -0.399. The van der Waals surface area contributed by atoms with Gasteiger partial charge in [0.25, 0.3) is 0 Å². The zero-order valence-corrected chi connectivity index (χ0v) is 14.0. The van der Waals surface area contributed by atoms with Crippen molar-refractivity contribution in [3.8, 4) is 0 Å². The van der Waals surface area contributed by atoms with Crippen molar-refractivity contribution in [3.63, 3.8) is 0 Å². The zero-order valence-electron chi connectivity index (χ0n) is 11.0. The first kappa shape index (κ1) is 17.4. The molecule has 1 atom stereocenters. The molecule has 0 saturated heterocycles. The minimum atomic E-state index is -2.01. The van der Waals surface area contributed by atoms with Crippen molar-refractivity contribution in [2.75, 3.05) is 6.61 Å². The van der Waals surface area contributed by atoms with Crippen LogP contribution in [-0.4, -0.2) is 21.3 Å². The molecule has 6 heteroatoms. The maximum atomic E-state index is 11.4. The molecule has 0 aromatic heterocycles. The zero-order chi connectivity index (χ0) is 12.0. The number of carbonyl (C=O) groups is 1. The monoisotopic (exact) mass is 282 g/mol. The predicted molar refractivity (Wildman–Crippen MR) is 61.8 cm³/mol. The molecule has 1 rings (SSSR count). The number of ether oxygens (including phenoxy) is 1. The van der Waals surface area contributed by atoms with Crippen molar-refractivity contribution < 1.29 is 71.1 Å². The maximum Gasteiger partial charge on any atom is 1.00 e. The summed E-state index contributed by atoms with van der Waals surface area (Å²) in [6.07, 6.45) is 1.81. The molecule has 0 radical (unpaired) electrons. The largest absolute Gasteiger partial charge is 1.00 e. The fourth-order valence-corrected chi connectivity index (χ4v) is 1.47. The van der Waals surface area contributed by atoms with E-state index in [2.05, 4.69) is 0 Å². The molecule has 0 aliphatic heterocycles. The Hall–Kier alpha value is 0.436. The normalized spacial score (nSPS) is 11.4. The molecule has 1 N–H and O–H groups in total. The number of hydrogen-bond acceptors (Lipinski definition) is 3. The minimum absolute atomic E-state index is 0. The number of rotatable bonds is 5. The van der Waals surface area contributed by atoms with Gasteiger partial charge < -0.3 is 10.7 Å². The van der Waals surface area contributed by atoms with Gasteiger partial charge in [-0.25, -0.2) is 9.00 Å². The summed E-state index contributed by atoms with van der Waals surface area (Å²) in [7, 11) is 0. The van der Waals surface area contributed by atoms with Crippen molar-refractivity contribution in [1.82, 2.24) is 0 Å². The molecule has 0 heterocycles. The van der Waals surface area contributed by atoms with E-state index in [1.807, 2.05) is 6.92 Å². The molecule has 1 aromatic rings. The van der Waals surface area contributed by atoms with Gasteiger partial charge in [0, 0.05) is 0 Å². The Morgan fingerprint density at radius 1 is 1.41 bits per heavy atom. The van der Waals surface area contributed by atoms with Crippen LogP contribution < -0.4 is 51.4 Å². The van der Waals surface area contributed by atoms with Gasteiger partial charge in [-0.15, -0.1) is 0 Å². The topological polar surface area (TPSA) is 63.6 Å². The van der Waals surface area contributed by atoms with Crippen LogP contribution in [0.2, 0.25) is 0 Å². The van der Waals surface area contributed by atoms with Crippen molar-refractivity contribution >= 4 is 17.0 Å². The Labute approximate surface area is 147 Å². The van der Waals surface area contributed by atoms with Crippen LogP contribution in [0, 0.1) is 0 Å². The molecule has 0 amide bonds. The predicted octanol–water partition coefficient (Wildman–Crippen LogP) is -0.659. The molecular weight excluding hydrogens is 267 g/mol. The van der Waals surface area contributed by atoms with E-state index in [0.29, 0.717) is 12.2 Å². The number of unbranched alkanes of at least 4 members (excludes halogenated alkanes) is 1. The van der Waals surface area contributed by atoms with Gasteiger partial charge in [-0.1, -0.05) is 13.3 Å². The summed E-state index contributed by atoms with van der Waals surface area (Å²) in [6, 6.07) is 5.84. The second-order valence-electron chi connectivity index (χ2n) is 3.26. The van der Waals surface area contributed by atoms with E-state index in [9.17, 15) is 9.00 Å². The van der Waals surface area contributed by atoms with Crippen LogP contribution in [0.15, 0.2) is 29.2 Å². The SMILES string of the molecule is CCCCOC(=O)c1ccc(S(=O)O)cc1.[H-].[K+]. The molecule has 0 fully saturated rings. The molecule has 4 nitrogen and oxygen atoms in total. The Morgan fingerprint density at radius 2 is 2.00 bits per heavy atom. The van der Waals surface area contributed by atoms with Gasteiger partial charge in [-0.05, 0) is 30.7 Å². The molecule has 90 valence electrons. The van der Waals surface area contributed by atoms with E-state index >= 15 is 0 Å². The average molecular weight is 282 g/mol. The maximum absolute atomic E-state index is 11.4. The van der Waals surface area contributed by atoms with Crippen LogP contribution >= 0.6 is 0 Å². The van der Waals surface area contributed by atoms with Gasteiger partial charge in [0.05, 0.1) is 17.1 Å². The summed E-state index contributed by atoms with van der Waals surface area (Å²) in [5.41, 5.74) is 0.394. The third-order valence-corrected chi connectivity index (χ3v) is 2.70. The van der Waals surface area contributed by atoms with E-state index in [4.69, 9.17) is 9.29 Å². The van der Waals surface area contributed by atoms with Crippen LogP contribution in [0.25, 0.3) is 0 Å². The first-order chi connectivity index (χ1) is 7.65. The van der Waals surface area contributed by atoms with E-state index in [1.54, 1.807) is 0 Å². The van der Waals surface area contributed by atoms with Gasteiger partial charge in [0.15, 0.2) is 11.1 Å². The molecule has 1 aromatic carbocycles. The molecule has 0 saturated carbocycles. The number of hydrogen-bond donors (Lipinski definition) is 1. The molecule has 0 aliphatic carbocycles. The second kappa shape index (κ2) is 9.38. The summed E-state index contributed by atoms with van der Waals surface area (Å²) in [6.45, 7) is 2.42. The first-order valence-corrected chi connectivity index (χ1v) is 6.14. The van der Waals surface area contributed by atoms with Gasteiger partial charge >= 0.3 is 57.4 Å². The van der Waals surface area contributed by atoms with Crippen LogP contribution in [0.5, 0.6) is 0 Å². The van der Waals surface area contributed by atoms with Gasteiger partial charge in [0.2, 0.25) is 0 Å². The van der Waals surface area contributed by atoms with Crippen molar-refractivity contribution in [2.45, 2.75) is 24.7 Å². The molecule has 0 aliphatic rings. The van der Waals surface area contributed by atoms with E-state index in [0.717, 1.165) is 12.8 Å². The Bertz CT molecular complexity index is 383. The van der Waals surface area contributed by atoms with Crippen LogP contribution in [0.4, 0.5) is 0 Å². The van der Waals surface area contributed by atoms with Crippen LogP contribution in [0.1, 0.15) is 31.6 Å². The summed E-state index contributed by atoms with van der Waals surface area (Å²) < 4.78 is 24.5. The minimum Gasteiger partial charge on any atom is -1.00 e. The van der Waals surface area contributed by atoms with Crippen molar-refractivity contribution in [2.24, 2.45) is 0 Å². The smallest absolute Gasteiger partial charge is 1.00 e. The quantitative estimate of drug-likeness (QED) is 0.337. The van der Waals surface area contributed by atoms with Gasteiger partial charge in [-0.2, -0.15) is 0 Å². The van der Waals surface area contributed by atoms with Gasteiger partial charge in [-0.3, -0.25) is 0 Å². The first-order valence-electron chi connectivity index (χ1n) is 5.03. The Kier molecular flexibility index (Phi) is 9.62.